The van der Waals surface area contributed by atoms with Crippen molar-refractivity contribution in [2.24, 2.45) is 0 Å². The third-order valence-electron chi connectivity index (χ3n) is 5.59. The molecule has 0 N–H and O–H groups in total. The van der Waals surface area contributed by atoms with E-state index >= 15 is 0 Å². The first-order valence-corrected chi connectivity index (χ1v) is 9.20. The minimum absolute atomic E-state index is 0.0552. The third-order valence-corrected chi connectivity index (χ3v) is 5.59. The maximum Gasteiger partial charge on any atom is 0.416 e. The summed E-state index contributed by atoms with van der Waals surface area (Å²) >= 11 is 0. The predicted octanol–water partition coefficient (Wildman–Crippen LogP) is 6.49. The van der Waals surface area contributed by atoms with Crippen molar-refractivity contribution in [3.8, 4) is 6.07 Å². The lowest BCUT2D eigenvalue weighted by molar-refractivity contribution is -0.137. The first-order valence-electron chi connectivity index (χ1n) is 9.20. The van der Waals surface area contributed by atoms with Crippen molar-refractivity contribution in [3.05, 3.63) is 64.7 Å². The number of nitriles is 1. The zero-order chi connectivity index (χ0) is 20.7. The molecule has 5 heteroatoms. The van der Waals surface area contributed by atoms with E-state index in [4.69, 9.17) is 0 Å². The largest absolute Gasteiger partial charge is 0.416 e. The maximum absolute atomic E-state index is 13.0. The molecular weight excluding hydrogens is 361 g/mol. The van der Waals surface area contributed by atoms with Gasteiger partial charge in [0.15, 0.2) is 0 Å². The second kappa shape index (κ2) is 7.01. The Bertz CT molecular complexity index is 965. The van der Waals surface area contributed by atoms with Crippen LogP contribution in [0.15, 0.2) is 42.5 Å². The molecule has 28 heavy (non-hydrogen) atoms. The highest BCUT2D eigenvalue weighted by molar-refractivity contribution is 5.90. The summed E-state index contributed by atoms with van der Waals surface area (Å²) in [5.74, 6) is 0.355. The molecule has 2 aromatic rings. The van der Waals surface area contributed by atoms with Gasteiger partial charge in [0.25, 0.3) is 0 Å². The van der Waals surface area contributed by atoms with Crippen LogP contribution in [0.2, 0.25) is 0 Å². The Kier molecular flexibility index (Phi) is 5.01. The molecule has 2 nitrogen and oxygen atoms in total. The van der Waals surface area contributed by atoms with Gasteiger partial charge in [0.1, 0.15) is 0 Å². The van der Waals surface area contributed by atoms with Crippen LogP contribution in [0.5, 0.6) is 0 Å². The number of allylic oxidation sites excluding steroid dienone is 1. The fourth-order valence-corrected chi connectivity index (χ4v) is 3.90. The van der Waals surface area contributed by atoms with Gasteiger partial charge in [-0.1, -0.05) is 25.1 Å². The van der Waals surface area contributed by atoms with E-state index in [-0.39, 0.29) is 16.7 Å². The van der Waals surface area contributed by atoms with Gasteiger partial charge in [-0.05, 0) is 73.2 Å². The summed E-state index contributed by atoms with van der Waals surface area (Å²) in [4.78, 5) is 2.26. The number of benzene rings is 2. The van der Waals surface area contributed by atoms with E-state index < -0.39 is 11.7 Å². The lowest BCUT2D eigenvalue weighted by atomic mass is 9.80. The van der Waals surface area contributed by atoms with Crippen molar-refractivity contribution in [2.75, 3.05) is 11.9 Å². The van der Waals surface area contributed by atoms with E-state index in [0.717, 1.165) is 29.8 Å². The molecule has 1 aliphatic rings. The highest BCUT2D eigenvalue weighted by atomic mass is 19.4. The van der Waals surface area contributed by atoms with Gasteiger partial charge < -0.3 is 4.90 Å². The summed E-state index contributed by atoms with van der Waals surface area (Å²) in [6.07, 6.45) is -1.78. The number of nitrogens with zero attached hydrogens (tertiary/aromatic N) is 2. The topological polar surface area (TPSA) is 27.0 Å². The third kappa shape index (κ3) is 3.77. The molecule has 0 aliphatic carbocycles. The second-order valence-corrected chi connectivity index (χ2v) is 8.04. The number of alkyl halides is 3. The average Bonchev–Trinajstić information content (AvgIpc) is 2.63. The lowest BCUT2D eigenvalue weighted by Gasteiger charge is -2.45. The predicted molar refractivity (Wildman–Crippen MR) is 107 cm³/mol. The van der Waals surface area contributed by atoms with Gasteiger partial charge in [-0.2, -0.15) is 18.4 Å². The summed E-state index contributed by atoms with van der Waals surface area (Å²) in [6, 6.07) is 12.9. The van der Waals surface area contributed by atoms with E-state index in [9.17, 15) is 18.4 Å². The van der Waals surface area contributed by atoms with Gasteiger partial charge in [0.2, 0.25) is 0 Å². The van der Waals surface area contributed by atoms with Crippen molar-refractivity contribution < 1.29 is 13.2 Å². The van der Waals surface area contributed by atoms with Crippen molar-refractivity contribution >= 4 is 17.3 Å². The SMILES string of the molecule is CC1CC(C)(C)N(C)c2ccc(/C=C(\C#N)c3cccc(C(F)(F)F)c3)cc21. The zero-order valence-corrected chi connectivity index (χ0v) is 16.4. The van der Waals surface area contributed by atoms with Gasteiger partial charge in [-0.15, -0.1) is 0 Å². The van der Waals surface area contributed by atoms with E-state index in [1.807, 2.05) is 24.3 Å². The quantitative estimate of drug-likeness (QED) is 0.437. The summed E-state index contributed by atoms with van der Waals surface area (Å²) in [5, 5.41) is 9.53. The van der Waals surface area contributed by atoms with Crippen LogP contribution in [-0.4, -0.2) is 12.6 Å². The molecule has 0 bridgehead atoms. The number of anilines is 1. The minimum Gasteiger partial charge on any atom is -0.369 e. The Balaban J connectivity index is 2.02. The van der Waals surface area contributed by atoms with Gasteiger partial charge in [-0.3, -0.25) is 0 Å². The molecule has 2 aromatic carbocycles. The molecular formula is C23H23F3N2. The molecule has 0 spiro atoms. The molecule has 1 atom stereocenters. The van der Waals surface area contributed by atoms with Gasteiger partial charge >= 0.3 is 6.18 Å². The van der Waals surface area contributed by atoms with Crippen LogP contribution >= 0.6 is 0 Å². The summed E-state index contributed by atoms with van der Waals surface area (Å²) in [7, 11) is 2.07. The summed E-state index contributed by atoms with van der Waals surface area (Å²) in [6.45, 7) is 6.60. The molecule has 1 unspecified atom stereocenters. The van der Waals surface area contributed by atoms with Crippen molar-refractivity contribution in [1.29, 1.82) is 5.26 Å². The second-order valence-electron chi connectivity index (χ2n) is 8.04. The van der Waals surface area contributed by atoms with Crippen molar-refractivity contribution in [2.45, 2.75) is 44.8 Å². The van der Waals surface area contributed by atoms with Crippen LogP contribution in [0.25, 0.3) is 11.6 Å². The number of hydrogen-bond donors (Lipinski definition) is 0. The molecule has 0 aromatic heterocycles. The number of hydrogen-bond acceptors (Lipinski definition) is 2. The number of halogens is 3. The maximum atomic E-state index is 13.0. The van der Waals surface area contributed by atoms with Crippen LogP contribution in [0, 0.1) is 11.3 Å². The first kappa shape index (κ1) is 20.0. The first-order chi connectivity index (χ1) is 13.0. The Hall–Kier alpha value is -2.74. The molecule has 3 rings (SSSR count). The smallest absolute Gasteiger partial charge is 0.369 e. The minimum atomic E-state index is -4.44. The van der Waals surface area contributed by atoms with Gasteiger partial charge in [-0.25, -0.2) is 0 Å². The molecule has 1 aliphatic heterocycles. The van der Waals surface area contributed by atoms with Crippen LogP contribution in [-0.2, 0) is 6.18 Å². The zero-order valence-electron chi connectivity index (χ0n) is 16.4. The highest BCUT2D eigenvalue weighted by Crippen LogP contribution is 2.43. The normalized spacial score (nSPS) is 19.1. The van der Waals surface area contributed by atoms with E-state index in [1.54, 1.807) is 6.08 Å². The molecule has 0 radical (unpaired) electrons. The average molecular weight is 384 g/mol. The van der Waals surface area contributed by atoms with E-state index in [2.05, 4.69) is 32.7 Å². The molecule has 0 amide bonds. The highest BCUT2D eigenvalue weighted by Gasteiger charge is 2.34. The van der Waals surface area contributed by atoms with Crippen molar-refractivity contribution in [3.63, 3.8) is 0 Å². The van der Waals surface area contributed by atoms with E-state index in [1.165, 1.54) is 17.7 Å². The standard InChI is InChI=1S/C23H23F3N2/c1-15-13-22(2,3)28(4)21-9-8-16(11-20(15)21)10-18(14-27)17-6-5-7-19(12-17)23(24,25)26/h5-12,15H,13H2,1-4H3/b18-10+. The number of fused-ring (bicyclic) bond motifs is 1. The van der Waals surface area contributed by atoms with Gasteiger partial charge in [0, 0.05) is 18.3 Å². The van der Waals surface area contributed by atoms with Gasteiger partial charge in [0.05, 0.1) is 17.2 Å². The monoisotopic (exact) mass is 384 g/mol. The summed E-state index contributed by atoms with van der Waals surface area (Å²) in [5.41, 5.74) is 2.93. The molecule has 0 fully saturated rings. The van der Waals surface area contributed by atoms with E-state index in [0.29, 0.717) is 5.92 Å². The molecule has 0 saturated heterocycles. The lowest BCUT2D eigenvalue weighted by Crippen LogP contribution is -2.45. The van der Waals surface area contributed by atoms with Crippen LogP contribution in [0.3, 0.4) is 0 Å². The molecule has 1 heterocycles. The summed E-state index contributed by atoms with van der Waals surface area (Å²) < 4.78 is 39.0. The molecule has 146 valence electrons. The fraction of sp³-hybridized carbons (Fsp3) is 0.348. The van der Waals surface area contributed by atoms with Crippen molar-refractivity contribution in [1.82, 2.24) is 0 Å². The Morgan fingerprint density at radius 1 is 1.21 bits per heavy atom. The van der Waals surface area contributed by atoms with Crippen LogP contribution < -0.4 is 4.90 Å². The fourth-order valence-electron chi connectivity index (χ4n) is 3.90. The Labute approximate surface area is 163 Å². The Morgan fingerprint density at radius 3 is 2.57 bits per heavy atom. The van der Waals surface area contributed by atoms with Crippen LogP contribution in [0.1, 0.15) is 55.4 Å². The Morgan fingerprint density at radius 2 is 1.93 bits per heavy atom. The molecule has 0 saturated carbocycles. The number of rotatable bonds is 2. The van der Waals surface area contributed by atoms with Crippen LogP contribution in [0.4, 0.5) is 18.9 Å².